The third kappa shape index (κ3) is 10.4. The summed E-state index contributed by atoms with van der Waals surface area (Å²) < 4.78 is 0. The normalized spacial score (nSPS) is 12.6. The highest BCUT2D eigenvalue weighted by molar-refractivity contribution is 5.93. The van der Waals surface area contributed by atoms with E-state index in [9.17, 15) is 9.59 Å². The van der Waals surface area contributed by atoms with Gasteiger partial charge in [0.05, 0.1) is 0 Å². The van der Waals surface area contributed by atoms with Crippen molar-refractivity contribution in [3.8, 4) is 0 Å². The van der Waals surface area contributed by atoms with Gasteiger partial charge in [-0.05, 0) is 44.9 Å². The minimum absolute atomic E-state index is 0.0470. The SMILES string of the molecule is CC(=C\c1ccccc1)/C=C(\C)C(=O)N(C)C.CC(=C\c1ccccc1)/C=C(\C)C(=O)O. The van der Waals surface area contributed by atoms with Crippen molar-refractivity contribution in [2.24, 2.45) is 0 Å². The molecule has 2 rings (SSSR count). The molecule has 0 aliphatic heterocycles. The minimum atomic E-state index is -0.879. The second-order valence-electron chi connectivity index (χ2n) is 7.76. The Hall–Kier alpha value is -3.66. The highest BCUT2D eigenvalue weighted by atomic mass is 16.4. The van der Waals surface area contributed by atoms with E-state index in [-0.39, 0.29) is 5.91 Å². The number of benzene rings is 2. The van der Waals surface area contributed by atoms with Crippen LogP contribution in [0.2, 0.25) is 0 Å². The number of carboxylic acids is 1. The summed E-state index contributed by atoms with van der Waals surface area (Å²) in [5, 5.41) is 8.70. The Labute approximate surface area is 191 Å². The molecule has 0 saturated carbocycles. The summed E-state index contributed by atoms with van der Waals surface area (Å²) in [6.45, 7) is 7.31. The Kier molecular flexibility index (Phi) is 11.2. The van der Waals surface area contributed by atoms with Crippen molar-refractivity contribution < 1.29 is 14.7 Å². The van der Waals surface area contributed by atoms with Crippen LogP contribution in [0, 0.1) is 0 Å². The van der Waals surface area contributed by atoms with Crippen LogP contribution in [-0.4, -0.2) is 36.0 Å². The molecule has 0 aliphatic rings. The van der Waals surface area contributed by atoms with Crippen molar-refractivity contribution in [2.75, 3.05) is 14.1 Å². The quantitative estimate of drug-likeness (QED) is 0.435. The number of carbonyl (C=O) groups excluding carboxylic acids is 1. The van der Waals surface area contributed by atoms with Crippen LogP contribution >= 0.6 is 0 Å². The Balaban J connectivity index is 0.000000323. The summed E-state index contributed by atoms with van der Waals surface area (Å²) in [6, 6.07) is 19.9. The van der Waals surface area contributed by atoms with E-state index in [1.165, 1.54) is 0 Å². The summed E-state index contributed by atoms with van der Waals surface area (Å²) in [4.78, 5) is 23.8. The van der Waals surface area contributed by atoms with Gasteiger partial charge < -0.3 is 10.0 Å². The van der Waals surface area contributed by atoms with Gasteiger partial charge in [0.2, 0.25) is 5.91 Å². The Bertz CT molecular complexity index is 1010. The van der Waals surface area contributed by atoms with Crippen molar-refractivity contribution in [3.63, 3.8) is 0 Å². The van der Waals surface area contributed by atoms with E-state index in [1.54, 1.807) is 32.0 Å². The van der Waals surface area contributed by atoms with Crippen molar-refractivity contribution in [2.45, 2.75) is 27.7 Å². The van der Waals surface area contributed by atoms with Crippen LogP contribution in [0.4, 0.5) is 0 Å². The maximum absolute atomic E-state index is 11.7. The Morgan fingerprint density at radius 2 is 1.06 bits per heavy atom. The summed E-state index contributed by atoms with van der Waals surface area (Å²) in [6.07, 6.45) is 7.59. The molecule has 0 radical (unpaired) electrons. The third-order valence-corrected chi connectivity index (χ3v) is 4.36. The molecule has 168 valence electrons. The van der Waals surface area contributed by atoms with Crippen LogP contribution in [0.15, 0.2) is 95.1 Å². The lowest BCUT2D eigenvalue weighted by Gasteiger charge is -2.10. The zero-order valence-corrected chi connectivity index (χ0v) is 19.8. The topological polar surface area (TPSA) is 57.6 Å². The molecule has 0 saturated heterocycles. The number of hydrogen-bond acceptors (Lipinski definition) is 2. The maximum Gasteiger partial charge on any atom is 0.331 e. The minimum Gasteiger partial charge on any atom is -0.478 e. The molecule has 2 aromatic carbocycles. The van der Waals surface area contributed by atoms with E-state index in [2.05, 4.69) is 6.08 Å². The van der Waals surface area contributed by atoms with Crippen molar-refractivity contribution >= 4 is 24.0 Å². The average molecular weight is 432 g/mol. The molecular formula is C28H33NO3. The third-order valence-electron chi connectivity index (χ3n) is 4.36. The van der Waals surface area contributed by atoms with Gasteiger partial charge >= 0.3 is 5.97 Å². The second kappa shape index (κ2) is 13.6. The number of hydrogen-bond donors (Lipinski definition) is 1. The van der Waals surface area contributed by atoms with Gasteiger partial charge in [0, 0.05) is 25.2 Å². The lowest BCUT2D eigenvalue weighted by Crippen LogP contribution is -2.22. The summed E-state index contributed by atoms with van der Waals surface area (Å²) in [5.74, 6) is -0.832. The Morgan fingerprint density at radius 3 is 1.41 bits per heavy atom. The highest BCUT2D eigenvalue weighted by Gasteiger charge is 2.05. The molecule has 0 bridgehead atoms. The molecular weight excluding hydrogens is 398 g/mol. The van der Waals surface area contributed by atoms with E-state index in [1.807, 2.05) is 93.6 Å². The van der Waals surface area contributed by atoms with Crippen molar-refractivity contribution in [3.05, 3.63) is 106 Å². The number of likely N-dealkylation sites (N-methyl/N-ethyl adjacent to an activating group) is 1. The first-order valence-corrected chi connectivity index (χ1v) is 10.4. The van der Waals surface area contributed by atoms with Crippen LogP contribution in [0.3, 0.4) is 0 Å². The fourth-order valence-electron chi connectivity index (χ4n) is 2.87. The largest absolute Gasteiger partial charge is 0.478 e. The lowest BCUT2D eigenvalue weighted by molar-refractivity contribution is -0.132. The van der Waals surface area contributed by atoms with Gasteiger partial charge in [-0.3, -0.25) is 4.79 Å². The molecule has 0 unspecified atom stereocenters. The van der Waals surface area contributed by atoms with Crippen LogP contribution in [0.25, 0.3) is 12.2 Å². The van der Waals surface area contributed by atoms with Crippen molar-refractivity contribution in [1.29, 1.82) is 0 Å². The van der Waals surface area contributed by atoms with Gasteiger partial charge in [-0.25, -0.2) is 4.79 Å². The Morgan fingerprint density at radius 1 is 0.688 bits per heavy atom. The molecule has 0 atom stereocenters. The predicted octanol–water partition coefficient (Wildman–Crippen LogP) is 6.25. The zero-order chi connectivity index (χ0) is 24.1. The molecule has 0 aromatic heterocycles. The lowest BCUT2D eigenvalue weighted by atomic mass is 10.1. The number of carboxylic acid groups (broad SMARTS) is 1. The molecule has 1 amide bonds. The van der Waals surface area contributed by atoms with E-state index < -0.39 is 5.97 Å². The smallest absolute Gasteiger partial charge is 0.331 e. The molecule has 0 fully saturated rings. The summed E-state index contributed by atoms with van der Waals surface area (Å²) in [5.41, 5.74) is 5.32. The van der Waals surface area contributed by atoms with Gasteiger partial charge in [-0.15, -0.1) is 0 Å². The molecule has 0 spiro atoms. The van der Waals surface area contributed by atoms with E-state index in [4.69, 9.17) is 5.11 Å². The molecule has 0 heterocycles. The monoisotopic (exact) mass is 431 g/mol. The molecule has 1 N–H and O–H groups in total. The molecule has 2 aromatic rings. The molecule has 0 aliphatic carbocycles. The first kappa shape index (κ1) is 26.4. The predicted molar refractivity (Wildman–Crippen MR) is 134 cm³/mol. The number of carbonyl (C=O) groups is 2. The fraction of sp³-hybridized carbons (Fsp3) is 0.214. The molecule has 4 nitrogen and oxygen atoms in total. The van der Waals surface area contributed by atoms with Gasteiger partial charge in [0.1, 0.15) is 0 Å². The van der Waals surface area contributed by atoms with Gasteiger partial charge in [-0.1, -0.05) is 90.0 Å². The molecule has 32 heavy (non-hydrogen) atoms. The molecule has 4 heteroatoms. The maximum atomic E-state index is 11.7. The van der Waals surface area contributed by atoms with E-state index in [0.29, 0.717) is 5.57 Å². The number of aliphatic carboxylic acids is 1. The number of allylic oxidation sites excluding steroid dienone is 4. The van der Waals surface area contributed by atoms with Gasteiger partial charge in [-0.2, -0.15) is 0 Å². The fourth-order valence-corrected chi connectivity index (χ4v) is 2.87. The van der Waals surface area contributed by atoms with Gasteiger partial charge in [0.25, 0.3) is 0 Å². The first-order valence-electron chi connectivity index (χ1n) is 10.4. The van der Waals surface area contributed by atoms with Crippen LogP contribution in [-0.2, 0) is 9.59 Å². The van der Waals surface area contributed by atoms with Gasteiger partial charge in [0.15, 0.2) is 0 Å². The average Bonchev–Trinajstić information content (AvgIpc) is 2.74. The number of nitrogens with zero attached hydrogens (tertiary/aromatic N) is 1. The summed E-state index contributed by atoms with van der Waals surface area (Å²) >= 11 is 0. The van der Waals surface area contributed by atoms with E-state index in [0.717, 1.165) is 27.8 Å². The van der Waals surface area contributed by atoms with Crippen LogP contribution in [0.5, 0.6) is 0 Å². The summed E-state index contributed by atoms with van der Waals surface area (Å²) in [7, 11) is 3.52. The second-order valence-corrected chi connectivity index (χ2v) is 7.76. The number of rotatable bonds is 6. The van der Waals surface area contributed by atoms with E-state index >= 15 is 0 Å². The van der Waals surface area contributed by atoms with Crippen LogP contribution < -0.4 is 0 Å². The zero-order valence-electron chi connectivity index (χ0n) is 19.8. The van der Waals surface area contributed by atoms with Crippen molar-refractivity contribution in [1.82, 2.24) is 4.90 Å². The first-order chi connectivity index (χ1) is 15.1. The highest BCUT2D eigenvalue weighted by Crippen LogP contribution is 2.10. The van der Waals surface area contributed by atoms with Crippen LogP contribution in [0.1, 0.15) is 38.8 Å². The standard InChI is InChI=1S/C15H19NO.C13H14O2/c1-12(10-13(2)15(17)16(3)4)11-14-8-6-5-7-9-14;1-10(8-11(2)13(14)15)9-12-6-4-3-5-7-12/h5-11H,1-4H3;3-9H,1-2H3,(H,14,15)/b12-11+,13-10+;10-9+,11-8+. The number of amides is 1.